The van der Waals surface area contributed by atoms with Crippen molar-refractivity contribution in [3.05, 3.63) is 29.3 Å². The molecule has 0 spiro atoms. The fourth-order valence-corrected chi connectivity index (χ4v) is 1.90. The molecule has 0 heterocycles. The van der Waals surface area contributed by atoms with Crippen molar-refractivity contribution in [3.8, 4) is 5.75 Å². The zero-order chi connectivity index (χ0) is 13.4. The number of benzene rings is 1. The van der Waals surface area contributed by atoms with Crippen molar-refractivity contribution in [2.75, 3.05) is 13.2 Å². The Balaban J connectivity index is 2.42. The Morgan fingerprint density at radius 1 is 1.22 bits per heavy atom. The molecular formula is C15H25NO2. The molecule has 3 N–H and O–H groups in total. The van der Waals surface area contributed by atoms with Crippen molar-refractivity contribution in [2.45, 2.75) is 45.6 Å². The monoisotopic (exact) mass is 251 g/mol. The van der Waals surface area contributed by atoms with Gasteiger partial charge in [-0.15, -0.1) is 0 Å². The Hall–Kier alpha value is -1.06. The number of ether oxygens (including phenoxy) is 1. The fourth-order valence-electron chi connectivity index (χ4n) is 1.90. The van der Waals surface area contributed by atoms with Gasteiger partial charge in [0.05, 0.1) is 6.61 Å². The average Bonchev–Trinajstić information content (AvgIpc) is 2.35. The molecule has 0 amide bonds. The van der Waals surface area contributed by atoms with Crippen LogP contribution in [0.3, 0.4) is 0 Å². The Labute approximate surface area is 110 Å². The van der Waals surface area contributed by atoms with Crippen LogP contribution in [0.4, 0.5) is 0 Å². The molecule has 102 valence electrons. The number of unbranched alkanes of at least 4 members (excludes halogenated alkanes) is 3. The Kier molecular flexibility index (Phi) is 6.76. The number of nitrogens with two attached hydrogens (primary N) is 1. The van der Waals surface area contributed by atoms with Crippen LogP contribution in [0.15, 0.2) is 18.2 Å². The molecule has 1 atom stereocenters. The first-order valence-electron chi connectivity index (χ1n) is 6.75. The third-order valence-electron chi connectivity index (χ3n) is 2.97. The number of hydrogen-bond donors (Lipinski definition) is 2. The average molecular weight is 251 g/mol. The highest BCUT2D eigenvalue weighted by molar-refractivity contribution is 5.38. The molecule has 0 radical (unpaired) electrons. The maximum Gasteiger partial charge on any atom is 0.124 e. The van der Waals surface area contributed by atoms with E-state index in [1.807, 2.05) is 19.1 Å². The molecule has 3 heteroatoms. The van der Waals surface area contributed by atoms with Crippen LogP contribution in [-0.2, 0) is 0 Å². The molecule has 0 aliphatic carbocycles. The second kappa shape index (κ2) is 8.11. The van der Waals surface area contributed by atoms with E-state index in [2.05, 4.69) is 13.0 Å². The van der Waals surface area contributed by atoms with Gasteiger partial charge in [0.2, 0.25) is 0 Å². The Morgan fingerprint density at radius 3 is 2.61 bits per heavy atom. The topological polar surface area (TPSA) is 55.5 Å². The summed E-state index contributed by atoms with van der Waals surface area (Å²) in [6, 6.07) is 6.13. The third-order valence-corrected chi connectivity index (χ3v) is 2.97. The van der Waals surface area contributed by atoms with Gasteiger partial charge in [-0.05, 0) is 39.2 Å². The first-order chi connectivity index (χ1) is 8.65. The van der Waals surface area contributed by atoms with Crippen LogP contribution >= 0.6 is 0 Å². The second-order valence-corrected chi connectivity index (χ2v) is 4.82. The molecule has 1 aromatic rings. The van der Waals surface area contributed by atoms with Gasteiger partial charge in [-0.2, -0.15) is 0 Å². The van der Waals surface area contributed by atoms with E-state index < -0.39 is 0 Å². The minimum atomic E-state index is -0.00529. The normalized spacial score (nSPS) is 12.4. The van der Waals surface area contributed by atoms with Gasteiger partial charge in [-0.25, -0.2) is 0 Å². The molecule has 0 aromatic heterocycles. The summed E-state index contributed by atoms with van der Waals surface area (Å²) in [7, 11) is 0. The van der Waals surface area contributed by atoms with E-state index in [-0.39, 0.29) is 12.6 Å². The van der Waals surface area contributed by atoms with Gasteiger partial charge < -0.3 is 15.6 Å². The number of hydrogen-bond acceptors (Lipinski definition) is 3. The van der Waals surface area contributed by atoms with Crippen molar-refractivity contribution in [1.29, 1.82) is 0 Å². The van der Waals surface area contributed by atoms with Crippen molar-refractivity contribution >= 4 is 0 Å². The van der Waals surface area contributed by atoms with Gasteiger partial charge in [0.1, 0.15) is 5.75 Å². The highest BCUT2D eigenvalue weighted by atomic mass is 16.5. The molecule has 0 fully saturated rings. The highest BCUT2D eigenvalue weighted by Gasteiger charge is 2.08. The standard InChI is InChI=1S/C15H25NO2/c1-12-7-8-15(14(11-12)13(2)16)18-10-6-4-3-5-9-17/h7-8,11,13,17H,3-6,9-10,16H2,1-2H3. The van der Waals surface area contributed by atoms with E-state index >= 15 is 0 Å². The van der Waals surface area contributed by atoms with E-state index in [0.717, 1.165) is 37.0 Å². The smallest absolute Gasteiger partial charge is 0.124 e. The summed E-state index contributed by atoms with van der Waals surface area (Å²) in [5, 5.41) is 8.68. The Bertz CT molecular complexity index is 350. The number of rotatable bonds is 8. The summed E-state index contributed by atoms with van der Waals surface area (Å²) in [6.45, 7) is 5.04. The van der Waals surface area contributed by atoms with Crippen LogP contribution in [0.5, 0.6) is 5.75 Å². The van der Waals surface area contributed by atoms with Gasteiger partial charge in [0.15, 0.2) is 0 Å². The van der Waals surface area contributed by atoms with E-state index in [1.165, 1.54) is 5.56 Å². The van der Waals surface area contributed by atoms with Crippen LogP contribution in [0.1, 0.15) is 49.8 Å². The Morgan fingerprint density at radius 2 is 1.94 bits per heavy atom. The summed E-state index contributed by atoms with van der Waals surface area (Å²) in [6.07, 6.45) is 4.07. The lowest BCUT2D eigenvalue weighted by molar-refractivity contribution is 0.272. The molecule has 0 aliphatic rings. The lowest BCUT2D eigenvalue weighted by atomic mass is 10.1. The maximum atomic E-state index is 8.68. The summed E-state index contributed by atoms with van der Waals surface area (Å²) in [4.78, 5) is 0. The number of aryl methyl sites for hydroxylation is 1. The first-order valence-corrected chi connectivity index (χ1v) is 6.75. The summed E-state index contributed by atoms with van der Waals surface area (Å²) >= 11 is 0. The highest BCUT2D eigenvalue weighted by Crippen LogP contribution is 2.25. The van der Waals surface area contributed by atoms with Gasteiger partial charge >= 0.3 is 0 Å². The number of aliphatic hydroxyl groups is 1. The molecule has 18 heavy (non-hydrogen) atoms. The van der Waals surface area contributed by atoms with Crippen LogP contribution < -0.4 is 10.5 Å². The molecule has 0 saturated carbocycles. The molecule has 0 aliphatic heterocycles. The van der Waals surface area contributed by atoms with Gasteiger partial charge in [-0.3, -0.25) is 0 Å². The molecule has 3 nitrogen and oxygen atoms in total. The minimum Gasteiger partial charge on any atom is -0.493 e. The first kappa shape index (κ1) is 15.0. The summed E-state index contributed by atoms with van der Waals surface area (Å²) in [5.41, 5.74) is 8.23. The predicted octanol–water partition coefficient (Wildman–Crippen LogP) is 2.95. The molecule has 1 unspecified atom stereocenters. The van der Waals surface area contributed by atoms with Gasteiger partial charge in [0.25, 0.3) is 0 Å². The fraction of sp³-hybridized carbons (Fsp3) is 0.600. The molecule has 1 aromatic carbocycles. The van der Waals surface area contributed by atoms with Crippen LogP contribution in [0.25, 0.3) is 0 Å². The quantitative estimate of drug-likeness (QED) is 0.698. The van der Waals surface area contributed by atoms with Crippen molar-refractivity contribution in [1.82, 2.24) is 0 Å². The number of aliphatic hydroxyl groups excluding tert-OH is 1. The second-order valence-electron chi connectivity index (χ2n) is 4.82. The van der Waals surface area contributed by atoms with Crippen LogP contribution in [0.2, 0.25) is 0 Å². The van der Waals surface area contributed by atoms with Gasteiger partial charge in [-0.1, -0.05) is 24.1 Å². The maximum absolute atomic E-state index is 8.68. The molecule has 0 bridgehead atoms. The molecule has 1 rings (SSSR count). The third kappa shape index (κ3) is 5.07. The SMILES string of the molecule is Cc1ccc(OCCCCCCO)c(C(C)N)c1. The zero-order valence-corrected chi connectivity index (χ0v) is 11.5. The molecular weight excluding hydrogens is 226 g/mol. The van der Waals surface area contributed by atoms with Crippen molar-refractivity contribution in [2.24, 2.45) is 5.73 Å². The van der Waals surface area contributed by atoms with Gasteiger partial charge in [0, 0.05) is 18.2 Å². The van der Waals surface area contributed by atoms with E-state index in [4.69, 9.17) is 15.6 Å². The zero-order valence-electron chi connectivity index (χ0n) is 11.5. The lowest BCUT2D eigenvalue weighted by Gasteiger charge is -2.14. The van der Waals surface area contributed by atoms with Crippen molar-refractivity contribution in [3.63, 3.8) is 0 Å². The molecule has 0 saturated heterocycles. The van der Waals surface area contributed by atoms with Crippen LogP contribution in [0, 0.1) is 6.92 Å². The van der Waals surface area contributed by atoms with E-state index in [0.29, 0.717) is 6.61 Å². The summed E-state index contributed by atoms with van der Waals surface area (Å²) < 4.78 is 5.79. The van der Waals surface area contributed by atoms with E-state index in [1.54, 1.807) is 0 Å². The van der Waals surface area contributed by atoms with E-state index in [9.17, 15) is 0 Å². The predicted molar refractivity (Wildman–Crippen MR) is 74.8 cm³/mol. The largest absolute Gasteiger partial charge is 0.493 e. The minimum absolute atomic E-state index is 0.00529. The van der Waals surface area contributed by atoms with Crippen LogP contribution in [-0.4, -0.2) is 18.3 Å². The van der Waals surface area contributed by atoms with Crippen molar-refractivity contribution < 1.29 is 9.84 Å². The lowest BCUT2D eigenvalue weighted by Crippen LogP contribution is -2.09. The summed E-state index contributed by atoms with van der Waals surface area (Å²) in [5.74, 6) is 0.901.